The van der Waals surface area contributed by atoms with E-state index in [1.807, 2.05) is 0 Å². The SMILES string of the molecule is COC(=O)c1sccc1NC(=O)CC1CCNCC1. The zero-order chi connectivity index (χ0) is 13.7. The highest BCUT2D eigenvalue weighted by Crippen LogP contribution is 2.24. The number of piperidine rings is 1. The van der Waals surface area contributed by atoms with Gasteiger partial charge in [0, 0.05) is 6.42 Å². The van der Waals surface area contributed by atoms with Crippen molar-refractivity contribution in [2.75, 3.05) is 25.5 Å². The van der Waals surface area contributed by atoms with Crippen molar-refractivity contribution in [2.24, 2.45) is 5.92 Å². The highest BCUT2D eigenvalue weighted by molar-refractivity contribution is 7.12. The lowest BCUT2D eigenvalue weighted by Gasteiger charge is -2.21. The molecule has 0 radical (unpaired) electrons. The van der Waals surface area contributed by atoms with Crippen LogP contribution in [0.15, 0.2) is 11.4 Å². The molecule has 2 rings (SSSR count). The number of carbonyl (C=O) groups is 2. The van der Waals surface area contributed by atoms with E-state index in [2.05, 4.69) is 15.4 Å². The van der Waals surface area contributed by atoms with Gasteiger partial charge in [0.05, 0.1) is 12.8 Å². The van der Waals surface area contributed by atoms with Crippen LogP contribution in [0, 0.1) is 5.92 Å². The van der Waals surface area contributed by atoms with Gasteiger partial charge in [-0.15, -0.1) is 11.3 Å². The fraction of sp³-hybridized carbons (Fsp3) is 0.538. The topological polar surface area (TPSA) is 67.4 Å². The Balaban J connectivity index is 1.91. The summed E-state index contributed by atoms with van der Waals surface area (Å²) in [6, 6.07) is 1.73. The average molecular weight is 282 g/mol. The molecular weight excluding hydrogens is 264 g/mol. The number of methoxy groups -OCH3 is 1. The molecule has 2 heterocycles. The highest BCUT2D eigenvalue weighted by Gasteiger charge is 2.19. The fourth-order valence-electron chi connectivity index (χ4n) is 2.21. The van der Waals surface area contributed by atoms with Gasteiger partial charge >= 0.3 is 5.97 Å². The van der Waals surface area contributed by atoms with Crippen LogP contribution < -0.4 is 10.6 Å². The van der Waals surface area contributed by atoms with E-state index in [-0.39, 0.29) is 5.91 Å². The quantitative estimate of drug-likeness (QED) is 0.827. The number of thiophene rings is 1. The van der Waals surface area contributed by atoms with Crippen molar-refractivity contribution in [1.29, 1.82) is 0 Å². The third-order valence-electron chi connectivity index (χ3n) is 3.24. The first-order chi connectivity index (χ1) is 9.20. The smallest absolute Gasteiger partial charge is 0.350 e. The van der Waals surface area contributed by atoms with Gasteiger partial charge in [0.25, 0.3) is 0 Å². The van der Waals surface area contributed by atoms with Crippen molar-refractivity contribution in [3.63, 3.8) is 0 Å². The van der Waals surface area contributed by atoms with Crippen molar-refractivity contribution in [3.8, 4) is 0 Å². The molecule has 19 heavy (non-hydrogen) atoms. The minimum Gasteiger partial charge on any atom is -0.465 e. The van der Waals surface area contributed by atoms with Gasteiger partial charge in [-0.05, 0) is 43.3 Å². The lowest BCUT2D eigenvalue weighted by molar-refractivity contribution is -0.117. The standard InChI is InChI=1S/C13H18N2O3S/c1-18-13(17)12-10(4-7-19-12)15-11(16)8-9-2-5-14-6-3-9/h4,7,9,14H,2-3,5-6,8H2,1H3,(H,15,16). The predicted octanol–water partition coefficient (Wildman–Crippen LogP) is 1.86. The molecule has 0 saturated carbocycles. The van der Waals surface area contributed by atoms with E-state index in [0.29, 0.717) is 22.9 Å². The number of esters is 1. The summed E-state index contributed by atoms with van der Waals surface area (Å²) in [4.78, 5) is 23.9. The van der Waals surface area contributed by atoms with E-state index in [4.69, 9.17) is 0 Å². The number of ether oxygens (including phenoxy) is 1. The maximum absolute atomic E-state index is 12.0. The van der Waals surface area contributed by atoms with E-state index in [1.165, 1.54) is 18.4 Å². The van der Waals surface area contributed by atoms with Crippen molar-refractivity contribution in [3.05, 3.63) is 16.3 Å². The minimum absolute atomic E-state index is 0.0320. The molecule has 1 aromatic rings. The largest absolute Gasteiger partial charge is 0.465 e. The van der Waals surface area contributed by atoms with Crippen LogP contribution in [-0.4, -0.2) is 32.1 Å². The highest BCUT2D eigenvalue weighted by atomic mass is 32.1. The average Bonchev–Trinajstić information content (AvgIpc) is 2.87. The monoisotopic (exact) mass is 282 g/mol. The van der Waals surface area contributed by atoms with Gasteiger partial charge in [-0.3, -0.25) is 4.79 Å². The van der Waals surface area contributed by atoms with Gasteiger partial charge in [-0.1, -0.05) is 0 Å². The van der Waals surface area contributed by atoms with E-state index >= 15 is 0 Å². The molecule has 1 aliphatic rings. The number of rotatable bonds is 4. The number of anilines is 1. The molecule has 1 saturated heterocycles. The van der Waals surface area contributed by atoms with Crippen LogP contribution in [0.4, 0.5) is 5.69 Å². The lowest BCUT2D eigenvalue weighted by atomic mass is 9.94. The molecule has 0 bridgehead atoms. The van der Waals surface area contributed by atoms with E-state index in [0.717, 1.165) is 25.9 Å². The first-order valence-electron chi connectivity index (χ1n) is 6.37. The number of hydrogen-bond donors (Lipinski definition) is 2. The minimum atomic E-state index is -0.410. The Morgan fingerprint density at radius 2 is 2.21 bits per heavy atom. The number of hydrogen-bond acceptors (Lipinski definition) is 5. The molecule has 0 aromatic carbocycles. The van der Waals surface area contributed by atoms with E-state index < -0.39 is 5.97 Å². The zero-order valence-corrected chi connectivity index (χ0v) is 11.7. The van der Waals surface area contributed by atoms with Gasteiger partial charge in [0.15, 0.2) is 0 Å². The second kappa shape index (κ2) is 6.68. The van der Waals surface area contributed by atoms with Gasteiger partial charge in [-0.2, -0.15) is 0 Å². The first kappa shape index (κ1) is 14.0. The molecule has 104 valence electrons. The molecule has 0 atom stereocenters. The number of amides is 1. The van der Waals surface area contributed by atoms with Gasteiger partial charge < -0.3 is 15.4 Å². The molecule has 0 unspecified atom stereocenters. The Hall–Kier alpha value is -1.40. The van der Waals surface area contributed by atoms with Gasteiger partial charge in [0.1, 0.15) is 4.88 Å². The molecule has 1 amide bonds. The second-order valence-electron chi connectivity index (χ2n) is 4.60. The summed E-state index contributed by atoms with van der Waals surface area (Å²) >= 11 is 1.27. The summed E-state index contributed by atoms with van der Waals surface area (Å²) in [7, 11) is 1.34. The predicted molar refractivity (Wildman–Crippen MR) is 74.5 cm³/mol. The van der Waals surface area contributed by atoms with Crippen LogP contribution >= 0.6 is 11.3 Å². The summed E-state index contributed by atoms with van der Waals surface area (Å²) in [6.07, 6.45) is 2.57. The molecule has 2 N–H and O–H groups in total. The summed E-state index contributed by atoms with van der Waals surface area (Å²) in [5, 5.41) is 7.85. The molecule has 0 aliphatic carbocycles. The maximum atomic E-state index is 12.0. The van der Waals surface area contributed by atoms with Crippen LogP contribution in [0.5, 0.6) is 0 Å². The molecule has 1 aromatic heterocycles. The van der Waals surface area contributed by atoms with E-state index in [1.54, 1.807) is 11.4 Å². The van der Waals surface area contributed by atoms with Crippen LogP contribution in [-0.2, 0) is 9.53 Å². The van der Waals surface area contributed by atoms with E-state index in [9.17, 15) is 9.59 Å². The van der Waals surface area contributed by atoms with Crippen LogP contribution in [0.1, 0.15) is 28.9 Å². The first-order valence-corrected chi connectivity index (χ1v) is 7.25. The Bertz CT molecular complexity index is 452. The molecular formula is C13H18N2O3S. The van der Waals surface area contributed by atoms with Crippen molar-refractivity contribution < 1.29 is 14.3 Å². The summed E-state index contributed by atoms with van der Waals surface area (Å²) in [5.41, 5.74) is 0.552. The van der Waals surface area contributed by atoms with Crippen LogP contribution in [0.3, 0.4) is 0 Å². The molecule has 5 nitrogen and oxygen atoms in total. The molecule has 0 spiro atoms. The van der Waals surface area contributed by atoms with Crippen molar-refractivity contribution in [1.82, 2.24) is 5.32 Å². The lowest BCUT2D eigenvalue weighted by Crippen LogP contribution is -2.30. The zero-order valence-electron chi connectivity index (χ0n) is 10.9. The Labute approximate surface area is 116 Å². The summed E-state index contributed by atoms with van der Waals surface area (Å²) in [5.74, 6) is -0.0101. The molecule has 1 fully saturated rings. The summed E-state index contributed by atoms with van der Waals surface area (Å²) < 4.78 is 4.68. The van der Waals surface area contributed by atoms with Crippen LogP contribution in [0.25, 0.3) is 0 Å². The Morgan fingerprint density at radius 1 is 1.47 bits per heavy atom. The summed E-state index contributed by atoms with van der Waals surface area (Å²) in [6.45, 7) is 1.95. The van der Waals surface area contributed by atoms with Crippen molar-refractivity contribution in [2.45, 2.75) is 19.3 Å². The van der Waals surface area contributed by atoms with Gasteiger partial charge in [-0.25, -0.2) is 4.79 Å². The maximum Gasteiger partial charge on any atom is 0.350 e. The Morgan fingerprint density at radius 3 is 2.89 bits per heavy atom. The molecule has 6 heteroatoms. The normalized spacial score (nSPS) is 16.1. The van der Waals surface area contributed by atoms with Gasteiger partial charge in [0.2, 0.25) is 5.91 Å². The van der Waals surface area contributed by atoms with Crippen molar-refractivity contribution >= 4 is 28.9 Å². The third-order valence-corrected chi connectivity index (χ3v) is 4.14. The second-order valence-corrected chi connectivity index (χ2v) is 5.52. The molecule has 1 aliphatic heterocycles. The number of nitrogens with one attached hydrogen (secondary N) is 2. The third kappa shape index (κ3) is 3.78. The fourth-order valence-corrected chi connectivity index (χ4v) is 2.97. The van der Waals surface area contributed by atoms with Crippen LogP contribution in [0.2, 0.25) is 0 Å². The number of carbonyl (C=O) groups excluding carboxylic acids is 2. The Kier molecular flexibility index (Phi) is 4.93.